The fraction of sp³-hybridized carbons (Fsp3) is 0.444. The summed E-state index contributed by atoms with van der Waals surface area (Å²) in [6.07, 6.45) is 4.91. The van der Waals surface area contributed by atoms with Gasteiger partial charge in [-0.05, 0) is 26.8 Å². The largest absolute Gasteiger partial charge is 0.313 e. The van der Waals surface area contributed by atoms with E-state index in [2.05, 4.69) is 6.58 Å². The van der Waals surface area contributed by atoms with Gasteiger partial charge >= 0.3 is 0 Å². The van der Waals surface area contributed by atoms with Crippen LogP contribution in [0.5, 0.6) is 0 Å². The Labute approximate surface area is 68.2 Å². The van der Waals surface area contributed by atoms with Gasteiger partial charge in [-0.1, -0.05) is 12.7 Å². The van der Waals surface area contributed by atoms with Crippen molar-refractivity contribution in [3.63, 3.8) is 0 Å². The van der Waals surface area contributed by atoms with E-state index in [0.29, 0.717) is 0 Å². The summed E-state index contributed by atoms with van der Waals surface area (Å²) in [6.45, 7) is 9.22. The molecule has 0 spiro atoms. The van der Waals surface area contributed by atoms with Crippen LogP contribution in [-0.4, -0.2) is 16.8 Å². The molecule has 0 fully saturated rings. The van der Waals surface area contributed by atoms with Crippen LogP contribution in [0.3, 0.4) is 0 Å². The van der Waals surface area contributed by atoms with Crippen molar-refractivity contribution in [2.24, 2.45) is 0 Å². The quantitative estimate of drug-likeness (QED) is 0.567. The molecule has 0 unspecified atom stereocenters. The topological polar surface area (TPSA) is 20.3 Å². The van der Waals surface area contributed by atoms with Crippen LogP contribution < -0.4 is 0 Å². The molecule has 0 aliphatic rings. The van der Waals surface area contributed by atoms with Crippen LogP contribution in [0, 0.1) is 0 Å². The van der Waals surface area contributed by atoms with E-state index in [0.717, 1.165) is 0 Å². The molecule has 2 heteroatoms. The predicted molar refractivity (Wildman–Crippen MR) is 47.0 cm³/mol. The zero-order valence-corrected chi connectivity index (χ0v) is 7.37. The minimum absolute atomic E-state index is 0.0573. The Bertz CT molecular complexity index is 170. The summed E-state index contributed by atoms with van der Waals surface area (Å²) in [5.41, 5.74) is 0. The van der Waals surface area contributed by atoms with Crippen molar-refractivity contribution in [2.45, 2.75) is 26.8 Å². The van der Waals surface area contributed by atoms with Gasteiger partial charge < -0.3 is 4.90 Å². The fourth-order valence-electron chi connectivity index (χ4n) is 0.766. The molecule has 0 atom stereocenters. The second-order valence-corrected chi connectivity index (χ2v) is 2.53. The SMILES string of the molecule is C=CC(=O)N(C=CC)C(C)C. The molecule has 0 heterocycles. The Kier molecular flexibility index (Phi) is 4.27. The standard InChI is InChI=1S/C9H15NO/c1-5-7-10(8(3)4)9(11)6-2/h5-8H,2H2,1,3-4H3. The number of allylic oxidation sites excluding steroid dienone is 1. The lowest BCUT2D eigenvalue weighted by Gasteiger charge is -2.20. The number of hydrogen-bond donors (Lipinski definition) is 0. The first-order chi connectivity index (χ1) is 5.13. The van der Waals surface area contributed by atoms with Gasteiger partial charge in [0.1, 0.15) is 0 Å². The van der Waals surface area contributed by atoms with Gasteiger partial charge in [-0.25, -0.2) is 0 Å². The molecule has 0 saturated carbocycles. The Balaban J connectivity index is 4.33. The molecule has 0 saturated heterocycles. The average Bonchev–Trinajstić information content (AvgIpc) is 1.98. The molecule has 0 bridgehead atoms. The Morgan fingerprint density at radius 3 is 2.36 bits per heavy atom. The third-order valence-electron chi connectivity index (χ3n) is 1.30. The number of hydrogen-bond acceptors (Lipinski definition) is 1. The van der Waals surface area contributed by atoms with Crippen LogP contribution in [0.4, 0.5) is 0 Å². The van der Waals surface area contributed by atoms with Crippen molar-refractivity contribution in [3.8, 4) is 0 Å². The second kappa shape index (κ2) is 4.72. The monoisotopic (exact) mass is 153 g/mol. The van der Waals surface area contributed by atoms with Gasteiger partial charge in [0.2, 0.25) is 5.91 Å². The van der Waals surface area contributed by atoms with Crippen molar-refractivity contribution in [1.29, 1.82) is 0 Å². The third kappa shape index (κ3) is 3.03. The van der Waals surface area contributed by atoms with Gasteiger partial charge in [0.15, 0.2) is 0 Å². The highest BCUT2D eigenvalue weighted by Gasteiger charge is 2.08. The number of rotatable bonds is 3. The van der Waals surface area contributed by atoms with Crippen LogP contribution in [0.1, 0.15) is 20.8 Å². The molecule has 62 valence electrons. The molecule has 0 aliphatic carbocycles. The highest BCUT2D eigenvalue weighted by molar-refractivity contribution is 5.87. The maximum Gasteiger partial charge on any atom is 0.250 e. The Morgan fingerprint density at radius 1 is 1.55 bits per heavy atom. The molecular formula is C9H15NO. The van der Waals surface area contributed by atoms with E-state index in [-0.39, 0.29) is 11.9 Å². The molecule has 0 aromatic carbocycles. The summed E-state index contributed by atoms with van der Waals surface area (Å²) in [4.78, 5) is 12.7. The van der Waals surface area contributed by atoms with Gasteiger partial charge in [0.25, 0.3) is 0 Å². The van der Waals surface area contributed by atoms with E-state index in [4.69, 9.17) is 0 Å². The van der Waals surface area contributed by atoms with E-state index >= 15 is 0 Å². The van der Waals surface area contributed by atoms with Crippen molar-refractivity contribution < 1.29 is 4.79 Å². The molecule has 11 heavy (non-hydrogen) atoms. The van der Waals surface area contributed by atoms with Crippen molar-refractivity contribution in [2.75, 3.05) is 0 Å². The predicted octanol–water partition coefficient (Wildman–Crippen LogP) is 1.94. The molecule has 0 N–H and O–H groups in total. The molecule has 0 aromatic heterocycles. The molecule has 0 aromatic rings. The van der Waals surface area contributed by atoms with E-state index in [1.54, 1.807) is 11.1 Å². The van der Waals surface area contributed by atoms with Crippen LogP contribution in [0.25, 0.3) is 0 Å². The van der Waals surface area contributed by atoms with E-state index in [1.165, 1.54) is 6.08 Å². The normalized spacial score (nSPS) is 10.5. The second-order valence-electron chi connectivity index (χ2n) is 2.53. The molecular weight excluding hydrogens is 138 g/mol. The van der Waals surface area contributed by atoms with Crippen molar-refractivity contribution >= 4 is 5.91 Å². The van der Waals surface area contributed by atoms with Crippen LogP contribution in [0.2, 0.25) is 0 Å². The molecule has 1 amide bonds. The van der Waals surface area contributed by atoms with Crippen molar-refractivity contribution in [1.82, 2.24) is 4.90 Å². The smallest absolute Gasteiger partial charge is 0.250 e. The highest BCUT2D eigenvalue weighted by atomic mass is 16.2. The lowest BCUT2D eigenvalue weighted by molar-refractivity contribution is -0.124. The summed E-state index contributed by atoms with van der Waals surface area (Å²) < 4.78 is 0. The maximum absolute atomic E-state index is 11.1. The summed E-state index contributed by atoms with van der Waals surface area (Å²) in [6, 6.07) is 0.191. The lowest BCUT2D eigenvalue weighted by Crippen LogP contribution is -2.30. The number of nitrogens with zero attached hydrogens (tertiary/aromatic N) is 1. The first-order valence-electron chi connectivity index (χ1n) is 3.71. The summed E-state index contributed by atoms with van der Waals surface area (Å²) in [5, 5.41) is 0. The highest BCUT2D eigenvalue weighted by Crippen LogP contribution is 2.00. The van der Waals surface area contributed by atoms with Crippen molar-refractivity contribution in [3.05, 3.63) is 24.9 Å². The zero-order chi connectivity index (χ0) is 8.85. The minimum atomic E-state index is -0.0573. The van der Waals surface area contributed by atoms with Gasteiger partial charge in [0.05, 0.1) is 0 Å². The van der Waals surface area contributed by atoms with Crippen LogP contribution in [-0.2, 0) is 4.79 Å². The van der Waals surface area contributed by atoms with Gasteiger partial charge in [0, 0.05) is 12.2 Å². The minimum Gasteiger partial charge on any atom is -0.313 e. The Morgan fingerprint density at radius 2 is 2.09 bits per heavy atom. The van der Waals surface area contributed by atoms with E-state index < -0.39 is 0 Å². The molecule has 0 rings (SSSR count). The molecule has 0 radical (unpaired) electrons. The number of carbonyl (C=O) groups is 1. The Hall–Kier alpha value is -1.05. The van der Waals surface area contributed by atoms with Gasteiger partial charge in [-0.15, -0.1) is 0 Å². The average molecular weight is 153 g/mol. The first-order valence-corrected chi connectivity index (χ1v) is 3.71. The van der Waals surface area contributed by atoms with Gasteiger partial charge in [-0.3, -0.25) is 4.79 Å². The maximum atomic E-state index is 11.1. The summed E-state index contributed by atoms with van der Waals surface area (Å²) >= 11 is 0. The lowest BCUT2D eigenvalue weighted by atomic mass is 10.3. The third-order valence-corrected chi connectivity index (χ3v) is 1.30. The number of amides is 1. The fourth-order valence-corrected chi connectivity index (χ4v) is 0.766. The molecule has 2 nitrogen and oxygen atoms in total. The van der Waals surface area contributed by atoms with E-state index in [1.807, 2.05) is 26.8 Å². The summed E-state index contributed by atoms with van der Waals surface area (Å²) in [5.74, 6) is -0.0573. The van der Waals surface area contributed by atoms with E-state index in [9.17, 15) is 4.79 Å². The van der Waals surface area contributed by atoms with Crippen LogP contribution in [0.15, 0.2) is 24.9 Å². The first kappa shape index (κ1) is 9.95. The van der Waals surface area contributed by atoms with Gasteiger partial charge in [-0.2, -0.15) is 0 Å². The number of carbonyl (C=O) groups excluding carboxylic acids is 1. The van der Waals surface area contributed by atoms with Crippen LogP contribution >= 0.6 is 0 Å². The molecule has 0 aliphatic heterocycles. The zero-order valence-electron chi connectivity index (χ0n) is 7.37. The summed E-state index contributed by atoms with van der Waals surface area (Å²) in [7, 11) is 0.